The molecule has 2 atom stereocenters. The Balaban J connectivity index is 1.88. The fourth-order valence-electron chi connectivity index (χ4n) is 4.13. The maximum atomic E-state index is 13.1. The summed E-state index contributed by atoms with van der Waals surface area (Å²) in [5.74, 6) is -0.110. The highest BCUT2D eigenvalue weighted by Crippen LogP contribution is 2.42. The van der Waals surface area contributed by atoms with E-state index in [0.717, 1.165) is 25.7 Å². The molecule has 4 N–H and O–H groups in total. The Morgan fingerprint density at radius 3 is 2.76 bits per heavy atom. The molecule has 1 saturated carbocycles. The van der Waals surface area contributed by atoms with E-state index >= 15 is 0 Å². The Hall–Kier alpha value is -1.79. The first-order valence-electron chi connectivity index (χ1n) is 7.67. The smallest absolute Gasteiger partial charge is 0.236 e. The molecule has 0 aromatic rings. The molecular formula is C14H22N4O3. The van der Waals surface area contributed by atoms with Crippen molar-refractivity contribution < 1.29 is 14.8 Å². The number of oxime groups is 1. The molecule has 0 aromatic heterocycles. The van der Waals surface area contributed by atoms with Gasteiger partial charge in [0, 0.05) is 13.1 Å². The van der Waals surface area contributed by atoms with Gasteiger partial charge in [-0.05, 0) is 25.7 Å². The van der Waals surface area contributed by atoms with Gasteiger partial charge in [0.05, 0.1) is 12.0 Å². The Morgan fingerprint density at radius 2 is 2.10 bits per heavy atom. The van der Waals surface area contributed by atoms with E-state index in [9.17, 15) is 9.59 Å². The van der Waals surface area contributed by atoms with Crippen LogP contribution in [-0.2, 0) is 9.59 Å². The third-order valence-electron chi connectivity index (χ3n) is 5.33. The second-order valence-corrected chi connectivity index (χ2v) is 6.33. The molecule has 0 spiro atoms. The molecule has 2 unspecified atom stereocenters. The second-order valence-electron chi connectivity index (χ2n) is 6.33. The molecule has 0 radical (unpaired) electrons. The minimum absolute atomic E-state index is 0.0180. The van der Waals surface area contributed by atoms with Crippen molar-refractivity contribution in [3.8, 4) is 0 Å². The first kappa shape index (κ1) is 14.2. The number of amidine groups is 1. The highest BCUT2D eigenvalue weighted by atomic mass is 16.4. The molecule has 3 rings (SSSR count). The minimum atomic E-state index is -0.873. The van der Waals surface area contributed by atoms with Gasteiger partial charge >= 0.3 is 0 Å². The zero-order valence-electron chi connectivity index (χ0n) is 12.0. The van der Waals surface area contributed by atoms with Crippen LogP contribution < -0.4 is 11.1 Å². The Bertz CT molecular complexity index is 485. The van der Waals surface area contributed by atoms with Crippen LogP contribution in [-0.4, -0.2) is 46.9 Å². The van der Waals surface area contributed by atoms with Crippen LogP contribution in [0.4, 0.5) is 0 Å². The van der Waals surface area contributed by atoms with Crippen molar-refractivity contribution in [2.24, 2.45) is 22.2 Å². The van der Waals surface area contributed by atoms with Crippen LogP contribution in [0.25, 0.3) is 0 Å². The van der Waals surface area contributed by atoms with Crippen LogP contribution in [0.2, 0.25) is 0 Å². The van der Waals surface area contributed by atoms with E-state index in [2.05, 4.69) is 10.5 Å². The molecule has 116 valence electrons. The summed E-state index contributed by atoms with van der Waals surface area (Å²) in [5.41, 5.74) is 4.98. The van der Waals surface area contributed by atoms with E-state index in [4.69, 9.17) is 10.9 Å². The molecule has 2 saturated heterocycles. The number of carbonyl (C=O) groups excluding carboxylic acids is 2. The highest BCUT2D eigenvalue weighted by Gasteiger charge is 2.52. The Kier molecular flexibility index (Phi) is 3.51. The van der Waals surface area contributed by atoms with Crippen LogP contribution >= 0.6 is 0 Å². The number of fused-ring (bicyclic) bond motifs is 1. The average molecular weight is 294 g/mol. The molecule has 3 aliphatic rings. The first-order valence-corrected chi connectivity index (χ1v) is 7.67. The number of rotatable bonds is 2. The van der Waals surface area contributed by atoms with Crippen molar-refractivity contribution in [2.45, 2.75) is 44.6 Å². The number of amides is 2. The van der Waals surface area contributed by atoms with E-state index < -0.39 is 5.41 Å². The highest BCUT2D eigenvalue weighted by molar-refractivity contribution is 6.07. The van der Waals surface area contributed by atoms with Crippen molar-refractivity contribution in [1.82, 2.24) is 10.2 Å². The summed E-state index contributed by atoms with van der Waals surface area (Å²) in [6.07, 6.45) is 4.71. The number of hydrogen-bond donors (Lipinski definition) is 3. The predicted octanol–water partition coefficient (Wildman–Crippen LogP) is 0.0302. The summed E-state index contributed by atoms with van der Waals surface area (Å²) in [4.78, 5) is 26.7. The molecule has 7 heteroatoms. The van der Waals surface area contributed by atoms with Crippen LogP contribution in [0.1, 0.15) is 38.5 Å². The summed E-state index contributed by atoms with van der Waals surface area (Å²) in [6, 6.07) is -0.0808. The zero-order valence-corrected chi connectivity index (χ0v) is 12.0. The van der Waals surface area contributed by atoms with Crippen molar-refractivity contribution in [1.29, 1.82) is 0 Å². The normalized spacial score (nSPS) is 31.9. The first-order chi connectivity index (χ1) is 10.1. The largest absolute Gasteiger partial charge is 0.409 e. The third-order valence-corrected chi connectivity index (χ3v) is 5.33. The van der Waals surface area contributed by atoms with Gasteiger partial charge in [0.1, 0.15) is 5.41 Å². The summed E-state index contributed by atoms with van der Waals surface area (Å²) in [7, 11) is 0. The SMILES string of the molecule is NC(=NO)C1(C(=O)N2CCCC3C(=O)NCC32)CCCC1. The van der Waals surface area contributed by atoms with E-state index in [-0.39, 0.29) is 29.6 Å². The number of nitrogens with zero attached hydrogens (tertiary/aromatic N) is 2. The molecule has 2 amide bonds. The van der Waals surface area contributed by atoms with Gasteiger partial charge in [0.15, 0.2) is 5.84 Å². The van der Waals surface area contributed by atoms with Crippen LogP contribution in [0.15, 0.2) is 5.16 Å². The second kappa shape index (κ2) is 5.20. The minimum Gasteiger partial charge on any atom is -0.409 e. The predicted molar refractivity (Wildman–Crippen MR) is 75.5 cm³/mol. The lowest BCUT2D eigenvalue weighted by atomic mass is 9.81. The molecule has 2 heterocycles. The van der Waals surface area contributed by atoms with Gasteiger partial charge in [0.2, 0.25) is 11.8 Å². The van der Waals surface area contributed by atoms with E-state index in [0.29, 0.717) is 25.9 Å². The topological polar surface area (TPSA) is 108 Å². The molecule has 7 nitrogen and oxygen atoms in total. The van der Waals surface area contributed by atoms with Gasteiger partial charge in [-0.1, -0.05) is 18.0 Å². The van der Waals surface area contributed by atoms with Crippen molar-refractivity contribution in [2.75, 3.05) is 13.1 Å². The Labute approximate surface area is 123 Å². The molecule has 21 heavy (non-hydrogen) atoms. The van der Waals surface area contributed by atoms with Gasteiger partial charge < -0.3 is 21.2 Å². The average Bonchev–Trinajstić information content (AvgIpc) is 3.14. The van der Waals surface area contributed by atoms with Gasteiger partial charge in [-0.15, -0.1) is 0 Å². The van der Waals surface area contributed by atoms with E-state index in [1.165, 1.54) is 0 Å². The molecule has 3 fully saturated rings. The van der Waals surface area contributed by atoms with Crippen LogP contribution in [0.5, 0.6) is 0 Å². The zero-order chi connectivity index (χ0) is 15.0. The van der Waals surface area contributed by atoms with Gasteiger partial charge in [-0.3, -0.25) is 9.59 Å². The van der Waals surface area contributed by atoms with Crippen LogP contribution in [0, 0.1) is 11.3 Å². The fourth-order valence-corrected chi connectivity index (χ4v) is 4.13. The van der Waals surface area contributed by atoms with E-state index in [1.54, 1.807) is 4.90 Å². The number of hydrogen-bond acceptors (Lipinski definition) is 4. The molecule has 0 aromatic carbocycles. The van der Waals surface area contributed by atoms with Gasteiger partial charge in [-0.25, -0.2) is 0 Å². The summed E-state index contributed by atoms with van der Waals surface area (Å²) in [5, 5.41) is 15.0. The van der Waals surface area contributed by atoms with Crippen molar-refractivity contribution in [3.05, 3.63) is 0 Å². The van der Waals surface area contributed by atoms with Crippen LogP contribution in [0.3, 0.4) is 0 Å². The standard InChI is InChI=1S/C14H22N4O3/c15-12(17-21)14(5-1-2-6-14)13(20)18-7-3-4-9-10(18)8-16-11(9)19/h9-10,21H,1-8H2,(H2,15,17)(H,16,19). The fraction of sp³-hybridized carbons (Fsp3) is 0.786. The summed E-state index contributed by atoms with van der Waals surface area (Å²) < 4.78 is 0. The maximum Gasteiger partial charge on any atom is 0.236 e. The lowest BCUT2D eigenvalue weighted by molar-refractivity contribution is -0.143. The monoisotopic (exact) mass is 294 g/mol. The number of nitrogens with two attached hydrogens (primary N) is 1. The molecule has 1 aliphatic carbocycles. The van der Waals surface area contributed by atoms with Crippen molar-refractivity contribution in [3.63, 3.8) is 0 Å². The quantitative estimate of drug-likeness (QED) is 0.289. The summed E-state index contributed by atoms with van der Waals surface area (Å²) >= 11 is 0. The number of likely N-dealkylation sites (tertiary alicyclic amines) is 1. The lowest BCUT2D eigenvalue weighted by Crippen LogP contribution is -2.56. The van der Waals surface area contributed by atoms with Gasteiger partial charge in [0.25, 0.3) is 0 Å². The third kappa shape index (κ3) is 2.06. The number of piperidine rings is 1. The molecular weight excluding hydrogens is 272 g/mol. The molecule has 0 bridgehead atoms. The number of nitrogens with one attached hydrogen (secondary N) is 1. The summed E-state index contributed by atoms with van der Waals surface area (Å²) in [6.45, 7) is 1.16. The lowest BCUT2D eigenvalue weighted by Gasteiger charge is -2.41. The number of carbonyl (C=O) groups is 2. The Morgan fingerprint density at radius 1 is 1.38 bits per heavy atom. The van der Waals surface area contributed by atoms with Crippen molar-refractivity contribution >= 4 is 17.6 Å². The van der Waals surface area contributed by atoms with E-state index in [1.807, 2.05) is 0 Å². The maximum absolute atomic E-state index is 13.1. The van der Waals surface area contributed by atoms with Gasteiger partial charge in [-0.2, -0.15) is 0 Å². The molecule has 2 aliphatic heterocycles.